The average Bonchev–Trinajstić information content (AvgIpc) is 3.02. The van der Waals surface area contributed by atoms with Gasteiger partial charge in [-0.15, -0.1) is 0 Å². The van der Waals surface area contributed by atoms with Crippen LogP contribution in [0.25, 0.3) is 0 Å². The van der Waals surface area contributed by atoms with Crippen LogP contribution in [0.2, 0.25) is 0 Å². The Labute approximate surface area is 175 Å². The van der Waals surface area contributed by atoms with Crippen molar-refractivity contribution in [3.05, 3.63) is 84.8 Å². The number of nitrogens with zero attached hydrogens (tertiary/aromatic N) is 2. The number of hydrogen-bond donors (Lipinski definition) is 1. The summed E-state index contributed by atoms with van der Waals surface area (Å²) in [5.74, 6) is 0. The zero-order chi connectivity index (χ0) is 20.6. The van der Waals surface area contributed by atoms with E-state index in [-0.39, 0.29) is 0 Å². The van der Waals surface area contributed by atoms with Gasteiger partial charge in [0, 0.05) is 36.6 Å². The molecule has 0 spiro atoms. The van der Waals surface area contributed by atoms with Gasteiger partial charge in [0.2, 0.25) is 0 Å². The second-order valence-corrected chi connectivity index (χ2v) is 7.91. The molecule has 0 amide bonds. The van der Waals surface area contributed by atoms with Crippen molar-refractivity contribution in [1.82, 2.24) is 4.90 Å². The minimum atomic E-state index is 0.868. The summed E-state index contributed by atoms with van der Waals surface area (Å²) < 4.78 is 0. The SMILES string of the molecule is C=C(CCCCNc1ccccc1N=C1CC=CC=C1C)CN1C(=C)CCC1=C. The van der Waals surface area contributed by atoms with Gasteiger partial charge in [0.05, 0.1) is 11.4 Å². The molecule has 0 saturated carbocycles. The van der Waals surface area contributed by atoms with E-state index in [4.69, 9.17) is 4.99 Å². The molecule has 1 N–H and O–H groups in total. The number of aliphatic imine (C=N–C) groups is 1. The van der Waals surface area contributed by atoms with E-state index in [0.717, 1.165) is 68.7 Å². The van der Waals surface area contributed by atoms with Crippen molar-refractivity contribution in [2.24, 2.45) is 4.99 Å². The number of rotatable bonds is 9. The summed E-state index contributed by atoms with van der Waals surface area (Å²) in [7, 11) is 0. The van der Waals surface area contributed by atoms with Crippen LogP contribution in [0.4, 0.5) is 11.4 Å². The van der Waals surface area contributed by atoms with Crippen molar-refractivity contribution in [1.29, 1.82) is 0 Å². The van der Waals surface area contributed by atoms with Gasteiger partial charge in [-0.3, -0.25) is 4.99 Å². The highest BCUT2D eigenvalue weighted by Gasteiger charge is 2.19. The number of unbranched alkanes of at least 4 members (excludes halogenated alkanes) is 1. The summed E-state index contributed by atoms with van der Waals surface area (Å²) in [6.07, 6.45) is 12.6. The van der Waals surface area contributed by atoms with Gasteiger partial charge in [0.15, 0.2) is 0 Å². The standard InChI is InChI=1S/C26H33N3/c1-20(19-29-22(3)16-17-23(29)4)11-9-10-18-27-25-14-7-8-15-26(25)28-24-13-6-5-12-21(24)2/h5-8,12,14-15,27H,1,3-4,9-11,13,16-19H2,2H3. The van der Waals surface area contributed by atoms with Crippen molar-refractivity contribution >= 4 is 17.1 Å². The highest BCUT2D eigenvalue weighted by Crippen LogP contribution is 2.29. The van der Waals surface area contributed by atoms with Crippen molar-refractivity contribution in [3.63, 3.8) is 0 Å². The average molecular weight is 388 g/mol. The Bertz CT molecular complexity index is 854. The molecule has 1 aromatic carbocycles. The number of anilines is 1. The van der Waals surface area contributed by atoms with Gasteiger partial charge in [0.25, 0.3) is 0 Å². The molecule has 3 heteroatoms. The van der Waals surface area contributed by atoms with Crippen molar-refractivity contribution in [3.8, 4) is 0 Å². The molecule has 3 nitrogen and oxygen atoms in total. The number of hydrogen-bond acceptors (Lipinski definition) is 3. The third-order valence-corrected chi connectivity index (χ3v) is 5.53. The van der Waals surface area contributed by atoms with Gasteiger partial charge in [-0.25, -0.2) is 0 Å². The number of nitrogens with one attached hydrogen (secondary N) is 1. The molecular formula is C26H33N3. The topological polar surface area (TPSA) is 27.6 Å². The molecule has 0 radical (unpaired) electrons. The van der Waals surface area contributed by atoms with E-state index in [1.807, 2.05) is 6.07 Å². The lowest BCUT2D eigenvalue weighted by atomic mass is 10.0. The van der Waals surface area contributed by atoms with E-state index in [1.54, 1.807) is 0 Å². The lowest BCUT2D eigenvalue weighted by molar-refractivity contribution is 0.488. The summed E-state index contributed by atoms with van der Waals surface area (Å²) in [6, 6.07) is 8.30. The Balaban J connectivity index is 1.44. The Hall–Kier alpha value is -2.81. The highest BCUT2D eigenvalue weighted by molar-refractivity contribution is 6.03. The van der Waals surface area contributed by atoms with Crippen LogP contribution in [-0.2, 0) is 0 Å². The Morgan fingerprint density at radius 1 is 1.14 bits per heavy atom. The van der Waals surface area contributed by atoms with Crippen molar-refractivity contribution in [2.45, 2.75) is 45.4 Å². The first-order valence-electron chi connectivity index (χ1n) is 10.6. The van der Waals surface area contributed by atoms with Gasteiger partial charge in [-0.05, 0) is 56.7 Å². The van der Waals surface area contributed by atoms with Gasteiger partial charge in [-0.1, -0.05) is 55.7 Å². The van der Waals surface area contributed by atoms with E-state index in [2.05, 4.69) is 73.3 Å². The molecule has 1 aliphatic carbocycles. The predicted octanol–water partition coefficient (Wildman–Crippen LogP) is 6.93. The molecule has 1 fully saturated rings. The summed E-state index contributed by atoms with van der Waals surface area (Å²) in [5, 5.41) is 3.57. The zero-order valence-electron chi connectivity index (χ0n) is 17.7. The van der Waals surface area contributed by atoms with E-state index in [1.165, 1.54) is 22.5 Å². The fourth-order valence-electron chi connectivity index (χ4n) is 3.68. The maximum Gasteiger partial charge on any atom is 0.0864 e. The molecule has 2 aliphatic rings. The molecule has 0 atom stereocenters. The lowest BCUT2D eigenvalue weighted by Crippen LogP contribution is -2.18. The lowest BCUT2D eigenvalue weighted by Gasteiger charge is -2.22. The minimum Gasteiger partial charge on any atom is -0.383 e. The van der Waals surface area contributed by atoms with Crippen LogP contribution >= 0.6 is 0 Å². The molecule has 152 valence electrons. The monoisotopic (exact) mass is 387 g/mol. The molecule has 1 heterocycles. The fourth-order valence-corrected chi connectivity index (χ4v) is 3.68. The maximum absolute atomic E-state index is 4.90. The van der Waals surface area contributed by atoms with Crippen molar-refractivity contribution in [2.75, 3.05) is 18.4 Å². The Morgan fingerprint density at radius 3 is 2.66 bits per heavy atom. The van der Waals surface area contributed by atoms with E-state index in [0.29, 0.717) is 0 Å². The number of para-hydroxylation sites is 2. The number of allylic oxidation sites excluding steroid dienone is 6. The van der Waals surface area contributed by atoms with E-state index in [9.17, 15) is 0 Å². The van der Waals surface area contributed by atoms with Crippen LogP contribution in [0.5, 0.6) is 0 Å². The molecule has 1 aromatic rings. The molecule has 3 rings (SSSR count). The second kappa shape index (κ2) is 10.1. The van der Waals surface area contributed by atoms with Crippen molar-refractivity contribution < 1.29 is 0 Å². The van der Waals surface area contributed by atoms with Crippen LogP contribution < -0.4 is 5.32 Å². The third kappa shape index (κ3) is 5.83. The second-order valence-electron chi connectivity index (χ2n) is 7.91. The van der Waals surface area contributed by atoms with Crippen LogP contribution in [0, 0.1) is 0 Å². The first-order chi connectivity index (χ1) is 14.0. The van der Waals surface area contributed by atoms with Crippen LogP contribution in [0.3, 0.4) is 0 Å². The summed E-state index contributed by atoms with van der Waals surface area (Å²) >= 11 is 0. The molecule has 0 unspecified atom stereocenters. The minimum absolute atomic E-state index is 0.868. The normalized spacial score (nSPS) is 17.8. The summed E-state index contributed by atoms with van der Waals surface area (Å²) in [5.41, 5.74) is 8.11. The molecule has 29 heavy (non-hydrogen) atoms. The van der Waals surface area contributed by atoms with E-state index < -0.39 is 0 Å². The molecule has 0 bridgehead atoms. The molecular weight excluding hydrogens is 354 g/mol. The number of benzene rings is 1. The van der Waals surface area contributed by atoms with E-state index >= 15 is 0 Å². The van der Waals surface area contributed by atoms with Crippen LogP contribution in [-0.4, -0.2) is 23.7 Å². The first kappa shape index (κ1) is 20.9. The van der Waals surface area contributed by atoms with Crippen LogP contribution in [0.1, 0.15) is 45.4 Å². The largest absolute Gasteiger partial charge is 0.383 e. The fraction of sp³-hybridized carbons (Fsp3) is 0.346. The molecule has 0 aromatic heterocycles. The molecule has 1 aliphatic heterocycles. The highest BCUT2D eigenvalue weighted by atomic mass is 15.2. The number of likely N-dealkylation sites (tertiary alicyclic amines) is 1. The van der Waals surface area contributed by atoms with Crippen LogP contribution in [0.15, 0.2) is 89.8 Å². The first-order valence-corrected chi connectivity index (χ1v) is 10.6. The predicted molar refractivity (Wildman–Crippen MR) is 127 cm³/mol. The van der Waals surface area contributed by atoms with Gasteiger partial charge in [-0.2, -0.15) is 0 Å². The van der Waals surface area contributed by atoms with Gasteiger partial charge in [0.1, 0.15) is 0 Å². The van der Waals surface area contributed by atoms with Gasteiger partial charge >= 0.3 is 0 Å². The smallest absolute Gasteiger partial charge is 0.0864 e. The summed E-state index contributed by atoms with van der Waals surface area (Å²) in [6.45, 7) is 16.5. The quantitative estimate of drug-likeness (QED) is 0.367. The zero-order valence-corrected chi connectivity index (χ0v) is 17.7. The third-order valence-electron chi connectivity index (χ3n) is 5.53. The maximum atomic E-state index is 4.90. The Morgan fingerprint density at radius 2 is 1.90 bits per heavy atom. The Kier molecular flexibility index (Phi) is 7.29. The summed E-state index contributed by atoms with van der Waals surface area (Å²) in [4.78, 5) is 7.13. The van der Waals surface area contributed by atoms with Gasteiger partial charge < -0.3 is 10.2 Å². The molecule has 1 saturated heterocycles.